The van der Waals surface area contributed by atoms with E-state index in [-0.39, 0.29) is 17.7 Å². The maximum atomic E-state index is 12.8. The molecule has 1 N–H and O–H groups in total. The van der Waals surface area contributed by atoms with Crippen LogP contribution in [-0.4, -0.2) is 66.7 Å². The van der Waals surface area contributed by atoms with Crippen molar-refractivity contribution in [3.63, 3.8) is 0 Å². The topological polar surface area (TPSA) is 90.6 Å². The third-order valence-electron chi connectivity index (χ3n) is 5.67. The molecule has 0 unspecified atom stereocenters. The average Bonchev–Trinajstić information content (AvgIpc) is 3.13. The van der Waals surface area contributed by atoms with Crippen molar-refractivity contribution in [3.05, 3.63) is 49.4 Å². The van der Waals surface area contributed by atoms with Gasteiger partial charge in [-0.2, -0.15) is 5.26 Å². The first-order valence-electron chi connectivity index (χ1n) is 11.2. The summed E-state index contributed by atoms with van der Waals surface area (Å²) in [5, 5.41) is 12.6. The van der Waals surface area contributed by atoms with Crippen molar-refractivity contribution in [1.29, 1.82) is 5.26 Å². The van der Waals surface area contributed by atoms with Crippen LogP contribution in [0, 0.1) is 11.3 Å². The average molecular weight is 470 g/mol. The molecule has 0 amide bonds. The van der Waals surface area contributed by atoms with E-state index in [0.29, 0.717) is 15.7 Å². The Hall–Kier alpha value is -2.93. The highest BCUT2D eigenvalue weighted by Gasteiger charge is 2.16. The first-order chi connectivity index (χ1) is 16.0. The summed E-state index contributed by atoms with van der Waals surface area (Å²) in [5.41, 5.74) is 1.75. The predicted molar refractivity (Wildman–Crippen MR) is 131 cm³/mol. The van der Waals surface area contributed by atoms with E-state index in [1.165, 1.54) is 10.1 Å². The van der Waals surface area contributed by atoms with Crippen LogP contribution in [0.15, 0.2) is 29.1 Å². The summed E-state index contributed by atoms with van der Waals surface area (Å²) in [7, 11) is 2.16. The van der Waals surface area contributed by atoms with Crippen molar-refractivity contribution >= 4 is 34.8 Å². The van der Waals surface area contributed by atoms with E-state index in [1.807, 2.05) is 18.2 Å². The molecule has 0 bridgehead atoms. The molecule has 0 aliphatic carbocycles. The SMILES string of the molecule is CCOC(=O)C(C#N)=c1sc(=CNc2ccc(CCN3CCN(C)CC3)cc2)c(=O)n1CC. The van der Waals surface area contributed by atoms with Crippen LogP contribution in [0.25, 0.3) is 11.8 Å². The number of rotatable bonds is 8. The number of carbonyl (C=O) groups excluding carboxylic acids is 1. The van der Waals surface area contributed by atoms with Crippen molar-refractivity contribution in [2.24, 2.45) is 0 Å². The van der Waals surface area contributed by atoms with Gasteiger partial charge in [-0.1, -0.05) is 12.1 Å². The van der Waals surface area contributed by atoms with Gasteiger partial charge in [0.15, 0.2) is 5.57 Å². The number of likely N-dealkylation sites (N-methyl/N-ethyl adjacent to an activating group) is 1. The molecule has 0 atom stereocenters. The summed E-state index contributed by atoms with van der Waals surface area (Å²) < 4.78 is 7.12. The largest absolute Gasteiger partial charge is 0.462 e. The lowest BCUT2D eigenvalue weighted by molar-refractivity contribution is -0.136. The van der Waals surface area contributed by atoms with Crippen molar-refractivity contribution < 1.29 is 9.53 Å². The molecule has 176 valence electrons. The fourth-order valence-corrected chi connectivity index (χ4v) is 4.73. The highest BCUT2D eigenvalue weighted by molar-refractivity contribution is 7.07. The summed E-state index contributed by atoms with van der Waals surface area (Å²) in [6.07, 6.45) is 2.63. The van der Waals surface area contributed by atoms with Gasteiger partial charge in [-0.25, -0.2) is 4.79 Å². The molecule has 2 heterocycles. The summed E-state index contributed by atoms with van der Waals surface area (Å²) in [4.78, 5) is 29.7. The van der Waals surface area contributed by atoms with Gasteiger partial charge in [0, 0.05) is 51.2 Å². The van der Waals surface area contributed by atoms with E-state index in [4.69, 9.17) is 4.74 Å². The third kappa shape index (κ3) is 6.32. The van der Waals surface area contributed by atoms with Gasteiger partial charge < -0.3 is 19.9 Å². The number of thiazole rings is 1. The molecule has 0 spiro atoms. The first-order valence-corrected chi connectivity index (χ1v) is 12.1. The van der Waals surface area contributed by atoms with Crippen LogP contribution < -0.4 is 20.1 Å². The Morgan fingerprint density at radius 3 is 2.52 bits per heavy atom. The molecule has 1 aromatic heterocycles. The van der Waals surface area contributed by atoms with Crippen LogP contribution in [-0.2, 0) is 22.5 Å². The molecule has 1 saturated heterocycles. The fourth-order valence-electron chi connectivity index (χ4n) is 3.65. The number of hydrogen-bond donors (Lipinski definition) is 1. The van der Waals surface area contributed by atoms with Gasteiger partial charge >= 0.3 is 5.97 Å². The molecule has 1 aliphatic heterocycles. The molecular weight excluding hydrogens is 438 g/mol. The summed E-state index contributed by atoms with van der Waals surface area (Å²) in [6, 6.07) is 10.1. The number of hydrogen-bond acceptors (Lipinski definition) is 8. The van der Waals surface area contributed by atoms with E-state index in [2.05, 4.69) is 34.3 Å². The van der Waals surface area contributed by atoms with Gasteiger partial charge in [0.05, 0.1) is 6.61 Å². The van der Waals surface area contributed by atoms with E-state index in [9.17, 15) is 14.9 Å². The standard InChI is InChI=1S/C24H31N5O3S/c1-4-29-22(30)21(33-23(29)20(16-25)24(31)32-5-2)17-26-19-8-6-18(7-9-19)10-11-28-14-12-27(3)13-15-28/h6-9,17,26H,4-5,10-15H2,1-3H3. The Kier molecular flexibility index (Phi) is 8.83. The smallest absolute Gasteiger partial charge is 0.351 e. The van der Waals surface area contributed by atoms with E-state index < -0.39 is 5.97 Å². The lowest BCUT2D eigenvalue weighted by atomic mass is 10.1. The van der Waals surface area contributed by atoms with Crippen molar-refractivity contribution in [3.8, 4) is 6.07 Å². The van der Waals surface area contributed by atoms with Gasteiger partial charge in [0.2, 0.25) is 0 Å². The second-order valence-corrected chi connectivity index (χ2v) is 8.94. The molecule has 1 aromatic carbocycles. The molecule has 33 heavy (non-hydrogen) atoms. The van der Waals surface area contributed by atoms with Crippen LogP contribution in [0.2, 0.25) is 0 Å². The van der Waals surface area contributed by atoms with Crippen LogP contribution in [0.4, 0.5) is 5.69 Å². The fraction of sp³-hybridized carbons (Fsp3) is 0.458. The third-order valence-corrected chi connectivity index (χ3v) is 6.80. The number of carbonyl (C=O) groups is 1. The first kappa shape index (κ1) is 24.7. The predicted octanol–water partition coefficient (Wildman–Crippen LogP) is 0.807. The van der Waals surface area contributed by atoms with Crippen LogP contribution in [0.3, 0.4) is 0 Å². The van der Waals surface area contributed by atoms with E-state index in [0.717, 1.165) is 56.2 Å². The zero-order valence-electron chi connectivity index (χ0n) is 19.5. The second kappa shape index (κ2) is 11.8. The van der Waals surface area contributed by atoms with Crippen molar-refractivity contribution in [2.45, 2.75) is 26.8 Å². The lowest BCUT2D eigenvalue weighted by Crippen LogP contribution is -2.45. The number of piperazine rings is 1. The van der Waals surface area contributed by atoms with Gasteiger partial charge in [0.25, 0.3) is 5.56 Å². The number of ether oxygens (including phenoxy) is 1. The van der Waals surface area contributed by atoms with Crippen LogP contribution in [0.1, 0.15) is 19.4 Å². The van der Waals surface area contributed by atoms with Gasteiger partial charge in [0.1, 0.15) is 15.3 Å². The minimum atomic E-state index is -0.713. The Morgan fingerprint density at radius 1 is 1.21 bits per heavy atom. The van der Waals surface area contributed by atoms with E-state index >= 15 is 0 Å². The van der Waals surface area contributed by atoms with Crippen molar-refractivity contribution in [2.75, 3.05) is 51.7 Å². The number of nitrogens with one attached hydrogen (secondary N) is 1. The molecule has 0 saturated carbocycles. The summed E-state index contributed by atoms with van der Waals surface area (Å²) >= 11 is 1.11. The minimum absolute atomic E-state index is 0.148. The Labute approximate surface area is 198 Å². The number of esters is 1. The normalized spacial score (nSPS) is 16.4. The number of anilines is 1. The maximum absolute atomic E-state index is 12.8. The zero-order chi connectivity index (χ0) is 23.8. The lowest BCUT2D eigenvalue weighted by Gasteiger charge is -2.32. The van der Waals surface area contributed by atoms with Gasteiger partial charge in [-0.05, 0) is 45.0 Å². The second-order valence-electron chi connectivity index (χ2n) is 7.91. The monoisotopic (exact) mass is 469 g/mol. The maximum Gasteiger partial charge on any atom is 0.351 e. The zero-order valence-corrected chi connectivity index (χ0v) is 20.3. The molecule has 2 aromatic rings. The highest BCUT2D eigenvalue weighted by atomic mass is 32.1. The molecular formula is C24H31N5O3S. The number of benzene rings is 1. The molecule has 8 nitrogen and oxygen atoms in total. The Balaban J connectivity index is 1.73. The highest BCUT2D eigenvalue weighted by Crippen LogP contribution is 2.11. The quantitative estimate of drug-likeness (QED) is 0.572. The number of nitriles is 1. The molecule has 1 fully saturated rings. The van der Waals surface area contributed by atoms with E-state index in [1.54, 1.807) is 20.0 Å². The Morgan fingerprint density at radius 2 is 1.91 bits per heavy atom. The summed E-state index contributed by atoms with van der Waals surface area (Å²) in [6.45, 7) is 9.52. The Bertz CT molecular complexity index is 1170. The molecule has 9 heteroatoms. The van der Waals surface area contributed by atoms with Gasteiger partial charge in [-0.15, -0.1) is 11.3 Å². The van der Waals surface area contributed by atoms with Crippen LogP contribution in [0.5, 0.6) is 0 Å². The molecule has 0 radical (unpaired) electrons. The number of aromatic nitrogens is 1. The summed E-state index contributed by atoms with van der Waals surface area (Å²) in [5.74, 6) is -0.713. The molecule has 3 rings (SSSR count). The van der Waals surface area contributed by atoms with Crippen molar-refractivity contribution in [1.82, 2.24) is 14.4 Å². The van der Waals surface area contributed by atoms with Gasteiger partial charge in [-0.3, -0.25) is 9.36 Å². The molecule has 1 aliphatic rings. The number of nitrogens with zero attached hydrogens (tertiary/aromatic N) is 4. The minimum Gasteiger partial charge on any atom is -0.462 e. The van der Waals surface area contributed by atoms with Crippen LogP contribution >= 0.6 is 11.3 Å².